The second-order valence-corrected chi connectivity index (χ2v) is 5.95. The van der Waals surface area contributed by atoms with E-state index in [9.17, 15) is 4.79 Å². The van der Waals surface area contributed by atoms with Gasteiger partial charge in [0.25, 0.3) is 5.91 Å². The van der Waals surface area contributed by atoms with Crippen LogP contribution in [0.4, 0.5) is 0 Å². The summed E-state index contributed by atoms with van der Waals surface area (Å²) in [6, 6.07) is 5.92. The molecule has 3 heterocycles. The van der Waals surface area contributed by atoms with Gasteiger partial charge in [0, 0.05) is 35.8 Å². The average molecular weight is 261 g/mol. The minimum Gasteiger partial charge on any atom is -0.337 e. The Bertz CT molecular complexity index is 546. The van der Waals surface area contributed by atoms with Crippen molar-refractivity contribution in [2.24, 2.45) is 0 Å². The van der Waals surface area contributed by atoms with Crippen molar-refractivity contribution in [3.8, 4) is 0 Å². The summed E-state index contributed by atoms with van der Waals surface area (Å²) in [5.41, 5.74) is 1.13. The topological polar surface area (TPSA) is 49.0 Å². The third-order valence-electron chi connectivity index (χ3n) is 3.39. The maximum atomic E-state index is 12.3. The lowest BCUT2D eigenvalue weighted by atomic mass is 10.1. The third-order valence-corrected chi connectivity index (χ3v) is 4.38. The van der Waals surface area contributed by atoms with Gasteiger partial charge in [-0.05, 0) is 31.5 Å². The van der Waals surface area contributed by atoms with Crippen LogP contribution >= 0.6 is 11.3 Å². The fourth-order valence-corrected chi connectivity index (χ4v) is 3.23. The molecule has 0 spiro atoms. The molecule has 0 aromatic carbocycles. The van der Waals surface area contributed by atoms with Crippen molar-refractivity contribution in [2.45, 2.75) is 19.3 Å². The highest BCUT2D eigenvalue weighted by molar-refractivity contribution is 7.13. The molecule has 94 valence electrons. The number of hydrogen-bond acceptors (Lipinski definition) is 3. The van der Waals surface area contributed by atoms with E-state index in [1.165, 1.54) is 4.88 Å². The number of H-pyrrole nitrogens is 1. The van der Waals surface area contributed by atoms with Gasteiger partial charge in [-0.15, -0.1) is 11.3 Å². The Morgan fingerprint density at radius 2 is 2.39 bits per heavy atom. The van der Waals surface area contributed by atoms with Gasteiger partial charge in [0.05, 0.1) is 4.88 Å². The van der Waals surface area contributed by atoms with E-state index in [4.69, 9.17) is 0 Å². The molecule has 2 aromatic heterocycles. The fourth-order valence-electron chi connectivity index (χ4n) is 2.40. The molecule has 3 rings (SSSR count). The summed E-state index contributed by atoms with van der Waals surface area (Å²) in [7, 11) is 0. The minimum absolute atomic E-state index is 0.162. The Balaban J connectivity index is 1.70. The number of likely N-dealkylation sites (tertiary alicyclic amines) is 1. The third kappa shape index (κ3) is 2.06. The highest BCUT2D eigenvalue weighted by atomic mass is 32.1. The summed E-state index contributed by atoms with van der Waals surface area (Å²) in [6.45, 7) is 3.65. The van der Waals surface area contributed by atoms with Gasteiger partial charge in [0.15, 0.2) is 0 Å². The Kier molecular flexibility index (Phi) is 2.91. The number of nitrogens with one attached hydrogen (secondary N) is 1. The number of amides is 1. The molecule has 2 aromatic rings. The zero-order chi connectivity index (χ0) is 12.5. The van der Waals surface area contributed by atoms with E-state index >= 15 is 0 Å². The van der Waals surface area contributed by atoms with Crippen LogP contribution in [0.15, 0.2) is 24.4 Å². The van der Waals surface area contributed by atoms with Gasteiger partial charge in [0.2, 0.25) is 0 Å². The van der Waals surface area contributed by atoms with Crippen molar-refractivity contribution in [3.63, 3.8) is 0 Å². The van der Waals surface area contributed by atoms with E-state index in [0.717, 1.165) is 30.1 Å². The first kappa shape index (κ1) is 11.5. The number of hydrogen-bond donors (Lipinski definition) is 1. The maximum Gasteiger partial charge on any atom is 0.263 e. The molecule has 0 saturated carbocycles. The van der Waals surface area contributed by atoms with Crippen LogP contribution in [0.25, 0.3) is 0 Å². The Hall–Kier alpha value is -1.62. The number of thiophene rings is 1. The van der Waals surface area contributed by atoms with Crippen LogP contribution in [0.1, 0.15) is 32.6 Å². The number of aromatic amines is 1. The van der Waals surface area contributed by atoms with Gasteiger partial charge in [-0.1, -0.05) is 0 Å². The molecule has 1 unspecified atom stereocenters. The molecule has 1 N–H and O–H groups in total. The van der Waals surface area contributed by atoms with E-state index in [1.54, 1.807) is 17.5 Å². The number of nitrogens with zero attached hydrogens (tertiary/aromatic N) is 2. The normalized spacial score (nSPS) is 19.4. The predicted octanol–water partition coefficient (Wildman–Crippen LogP) is 2.41. The smallest absolute Gasteiger partial charge is 0.263 e. The second-order valence-electron chi connectivity index (χ2n) is 4.66. The Labute approximate surface area is 110 Å². The summed E-state index contributed by atoms with van der Waals surface area (Å²) in [5.74, 6) is 0.563. The molecule has 18 heavy (non-hydrogen) atoms. The standard InChI is InChI=1S/C13H15N3OS/c1-9-2-3-12(18-9)13(17)16-7-5-10(8-16)11-4-6-14-15-11/h2-4,6,10H,5,7-8H2,1H3,(H,14,15). The fraction of sp³-hybridized carbons (Fsp3) is 0.385. The van der Waals surface area contributed by atoms with Gasteiger partial charge in [-0.25, -0.2) is 0 Å². The van der Waals surface area contributed by atoms with Gasteiger partial charge in [0.1, 0.15) is 0 Å². The first-order valence-corrected chi connectivity index (χ1v) is 6.90. The number of carbonyl (C=O) groups excluding carboxylic acids is 1. The van der Waals surface area contributed by atoms with Crippen LogP contribution in [0.5, 0.6) is 0 Å². The molecule has 1 aliphatic heterocycles. The van der Waals surface area contributed by atoms with E-state index in [0.29, 0.717) is 5.92 Å². The van der Waals surface area contributed by atoms with Crippen molar-refractivity contribution in [1.82, 2.24) is 15.1 Å². The first-order valence-electron chi connectivity index (χ1n) is 6.09. The van der Waals surface area contributed by atoms with Crippen LogP contribution in [-0.4, -0.2) is 34.1 Å². The molecular weight excluding hydrogens is 246 g/mol. The molecule has 5 heteroatoms. The Morgan fingerprint density at radius 3 is 3.06 bits per heavy atom. The van der Waals surface area contributed by atoms with Crippen molar-refractivity contribution >= 4 is 17.2 Å². The quantitative estimate of drug-likeness (QED) is 0.902. The molecule has 0 radical (unpaired) electrons. The highest BCUT2D eigenvalue weighted by Crippen LogP contribution is 2.27. The number of rotatable bonds is 2. The largest absolute Gasteiger partial charge is 0.337 e. The lowest BCUT2D eigenvalue weighted by Crippen LogP contribution is -2.27. The van der Waals surface area contributed by atoms with Crippen molar-refractivity contribution in [2.75, 3.05) is 13.1 Å². The van der Waals surface area contributed by atoms with Gasteiger partial charge >= 0.3 is 0 Å². The summed E-state index contributed by atoms with van der Waals surface area (Å²) >= 11 is 1.57. The molecule has 0 bridgehead atoms. The number of aryl methyl sites for hydroxylation is 1. The van der Waals surface area contributed by atoms with Crippen LogP contribution in [0.3, 0.4) is 0 Å². The monoisotopic (exact) mass is 261 g/mol. The Morgan fingerprint density at radius 1 is 1.50 bits per heavy atom. The van der Waals surface area contributed by atoms with Crippen molar-refractivity contribution in [3.05, 3.63) is 39.8 Å². The summed E-state index contributed by atoms with van der Waals surface area (Å²) in [6.07, 6.45) is 2.78. The summed E-state index contributed by atoms with van der Waals surface area (Å²) in [5, 5.41) is 6.97. The average Bonchev–Trinajstić information content (AvgIpc) is 3.09. The number of carbonyl (C=O) groups is 1. The molecule has 1 fully saturated rings. The summed E-state index contributed by atoms with van der Waals surface area (Å²) < 4.78 is 0. The zero-order valence-electron chi connectivity index (χ0n) is 10.2. The maximum absolute atomic E-state index is 12.3. The molecule has 1 aliphatic rings. The van der Waals surface area contributed by atoms with Crippen LogP contribution < -0.4 is 0 Å². The summed E-state index contributed by atoms with van der Waals surface area (Å²) in [4.78, 5) is 16.3. The lowest BCUT2D eigenvalue weighted by Gasteiger charge is -2.15. The van der Waals surface area contributed by atoms with Gasteiger partial charge in [-0.2, -0.15) is 5.10 Å². The van der Waals surface area contributed by atoms with Gasteiger partial charge in [-0.3, -0.25) is 9.89 Å². The SMILES string of the molecule is Cc1ccc(C(=O)N2CCC(c3ccn[nH]3)C2)s1. The van der Waals surface area contributed by atoms with E-state index in [-0.39, 0.29) is 5.91 Å². The van der Waals surface area contributed by atoms with E-state index in [2.05, 4.69) is 10.2 Å². The second kappa shape index (κ2) is 4.57. The van der Waals surface area contributed by atoms with Crippen LogP contribution in [-0.2, 0) is 0 Å². The first-order chi connectivity index (χ1) is 8.74. The molecule has 1 atom stereocenters. The molecule has 0 aliphatic carbocycles. The lowest BCUT2D eigenvalue weighted by molar-refractivity contribution is 0.0795. The van der Waals surface area contributed by atoms with E-state index < -0.39 is 0 Å². The molecule has 1 amide bonds. The van der Waals surface area contributed by atoms with E-state index in [1.807, 2.05) is 30.0 Å². The zero-order valence-corrected chi connectivity index (χ0v) is 11.0. The number of aromatic nitrogens is 2. The highest BCUT2D eigenvalue weighted by Gasteiger charge is 2.29. The molecule has 1 saturated heterocycles. The molecular formula is C13H15N3OS. The van der Waals surface area contributed by atoms with Crippen LogP contribution in [0, 0.1) is 6.92 Å². The van der Waals surface area contributed by atoms with Gasteiger partial charge < -0.3 is 4.90 Å². The predicted molar refractivity (Wildman–Crippen MR) is 70.9 cm³/mol. The van der Waals surface area contributed by atoms with Crippen LogP contribution in [0.2, 0.25) is 0 Å². The molecule has 4 nitrogen and oxygen atoms in total. The van der Waals surface area contributed by atoms with Crippen molar-refractivity contribution in [1.29, 1.82) is 0 Å². The van der Waals surface area contributed by atoms with Crippen molar-refractivity contribution < 1.29 is 4.79 Å². The minimum atomic E-state index is 0.162.